The van der Waals surface area contributed by atoms with Crippen molar-refractivity contribution in [2.75, 3.05) is 44.2 Å². The zero-order valence-electron chi connectivity index (χ0n) is 11.7. The fraction of sp³-hybridized carbons (Fsp3) is 0.615. The van der Waals surface area contributed by atoms with Gasteiger partial charge in [0, 0.05) is 51.4 Å². The third kappa shape index (κ3) is 3.09. The number of rotatable bonds is 3. The standard InChI is InChI=1S/C13H18ClN5O2/c14-12-7-11(19(20)21)8-16-13(12)18-4-1-10(9-18)17-5-2-15-3-6-17/h7-8,10,15H,1-6,9H2. The molecule has 2 aliphatic rings. The zero-order chi connectivity index (χ0) is 14.8. The molecular weight excluding hydrogens is 294 g/mol. The molecule has 21 heavy (non-hydrogen) atoms. The maximum atomic E-state index is 10.7. The number of anilines is 1. The van der Waals surface area contributed by atoms with Gasteiger partial charge >= 0.3 is 0 Å². The van der Waals surface area contributed by atoms with Crippen molar-refractivity contribution in [1.82, 2.24) is 15.2 Å². The van der Waals surface area contributed by atoms with Gasteiger partial charge in [-0.15, -0.1) is 0 Å². The normalized spacial score (nSPS) is 23.5. The third-order valence-corrected chi connectivity index (χ3v) is 4.43. The highest BCUT2D eigenvalue weighted by molar-refractivity contribution is 6.33. The summed E-state index contributed by atoms with van der Waals surface area (Å²) in [5.41, 5.74) is -0.0680. The van der Waals surface area contributed by atoms with E-state index in [1.54, 1.807) is 0 Å². The summed E-state index contributed by atoms with van der Waals surface area (Å²) in [7, 11) is 0. The molecule has 1 N–H and O–H groups in total. The Morgan fingerprint density at radius 1 is 1.38 bits per heavy atom. The smallest absolute Gasteiger partial charge is 0.289 e. The molecule has 1 aromatic heterocycles. The van der Waals surface area contributed by atoms with E-state index in [4.69, 9.17) is 11.6 Å². The molecule has 0 amide bonds. The van der Waals surface area contributed by atoms with Crippen LogP contribution >= 0.6 is 11.6 Å². The third-order valence-electron chi connectivity index (χ3n) is 4.15. The summed E-state index contributed by atoms with van der Waals surface area (Å²) in [6.07, 6.45) is 2.36. The fourth-order valence-electron chi connectivity index (χ4n) is 3.03. The number of hydrogen-bond donors (Lipinski definition) is 1. The number of nitrogens with zero attached hydrogens (tertiary/aromatic N) is 4. The number of nitro groups is 1. The molecule has 2 saturated heterocycles. The molecular formula is C13H18ClN5O2. The van der Waals surface area contributed by atoms with E-state index < -0.39 is 4.92 Å². The Balaban J connectivity index is 1.69. The Kier molecular flexibility index (Phi) is 4.23. The summed E-state index contributed by atoms with van der Waals surface area (Å²) in [6.45, 7) is 5.98. The van der Waals surface area contributed by atoms with Crippen LogP contribution in [0, 0.1) is 10.1 Å². The highest BCUT2D eigenvalue weighted by atomic mass is 35.5. The fourth-order valence-corrected chi connectivity index (χ4v) is 3.31. The van der Waals surface area contributed by atoms with Gasteiger partial charge in [-0.25, -0.2) is 4.98 Å². The van der Waals surface area contributed by atoms with E-state index in [1.165, 1.54) is 12.3 Å². The Morgan fingerprint density at radius 3 is 2.81 bits per heavy atom. The second-order valence-electron chi connectivity index (χ2n) is 5.43. The van der Waals surface area contributed by atoms with Gasteiger partial charge in [-0.3, -0.25) is 15.0 Å². The molecule has 7 nitrogen and oxygen atoms in total. The van der Waals surface area contributed by atoms with Gasteiger partial charge in [-0.1, -0.05) is 11.6 Å². The van der Waals surface area contributed by atoms with Gasteiger partial charge in [0.05, 0.1) is 9.95 Å². The van der Waals surface area contributed by atoms with Gasteiger partial charge in [0.15, 0.2) is 0 Å². The number of aromatic nitrogens is 1. The lowest BCUT2D eigenvalue weighted by Gasteiger charge is -2.32. The summed E-state index contributed by atoms with van der Waals surface area (Å²) in [5, 5.41) is 14.4. The van der Waals surface area contributed by atoms with Crippen LogP contribution in [0.5, 0.6) is 0 Å². The molecule has 1 atom stereocenters. The van der Waals surface area contributed by atoms with Crippen LogP contribution in [0.25, 0.3) is 0 Å². The van der Waals surface area contributed by atoms with Crippen molar-refractivity contribution in [3.8, 4) is 0 Å². The van der Waals surface area contributed by atoms with Gasteiger partial charge in [0.2, 0.25) is 0 Å². The minimum atomic E-state index is -0.476. The first-order valence-corrected chi connectivity index (χ1v) is 7.52. The number of piperazine rings is 1. The van der Waals surface area contributed by atoms with E-state index in [2.05, 4.69) is 20.1 Å². The van der Waals surface area contributed by atoms with Crippen molar-refractivity contribution in [2.45, 2.75) is 12.5 Å². The van der Waals surface area contributed by atoms with E-state index in [-0.39, 0.29) is 5.69 Å². The van der Waals surface area contributed by atoms with Gasteiger partial charge in [0.1, 0.15) is 12.0 Å². The van der Waals surface area contributed by atoms with E-state index in [0.29, 0.717) is 16.9 Å². The van der Waals surface area contributed by atoms with Crippen molar-refractivity contribution >= 4 is 23.1 Å². The maximum absolute atomic E-state index is 10.7. The summed E-state index contributed by atoms with van der Waals surface area (Å²) in [6, 6.07) is 1.89. The van der Waals surface area contributed by atoms with E-state index in [0.717, 1.165) is 45.7 Å². The average molecular weight is 312 g/mol. The van der Waals surface area contributed by atoms with Crippen molar-refractivity contribution in [1.29, 1.82) is 0 Å². The maximum Gasteiger partial charge on any atom is 0.289 e. The molecule has 0 saturated carbocycles. The Labute approximate surface area is 128 Å². The van der Waals surface area contributed by atoms with Gasteiger partial charge < -0.3 is 10.2 Å². The van der Waals surface area contributed by atoms with Crippen molar-refractivity contribution < 1.29 is 4.92 Å². The average Bonchev–Trinajstić information content (AvgIpc) is 2.97. The first-order valence-electron chi connectivity index (χ1n) is 7.15. The number of pyridine rings is 1. The van der Waals surface area contributed by atoms with Crippen LogP contribution in [-0.2, 0) is 0 Å². The quantitative estimate of drug-likeness (QED) is 0.666. The molecule has 0 aromatic carbocycles. The van der Waals surface area contributed by atoms with E-state index in [9.17, 15) is 10.1 Å². The highest BCUT2D eigenvalue weighted by Crippen LogP contribution is 2.30. The van der Waals surface area contributed by atoms with E-state index >= 15 is 0 Å². The summed E-state index contributed by atoms with van der Waals surface area (Å²) in [4.78, 5) is 19.1. The van der Waals surface area contributed by atoms with Crippen molar-refractivity contribution in [3.05, 3.63) is 27.4 Å². The molecule has 3 heterocycles. The summed E-state index contributed by atoms with van der Waals surface area (Å²) < 4.78 is 0. The topological polar surface area (TPSA) is 74.5 Å². The molecule has 2 fully saturated rings. The van der Waals surface area contributed by atoms with Gasteiger partial charge in [0.25, 0.3) is 5.69 Å². The lowest BCUT2D eigenvalue weighted by molar-refractivity contribution is -0.385. The molecule has 0 radical (unpaired) electrons. The lowest BCUT2D eigenvalue weighted by Crippen LogP contribution is -2.49. The second-order valence-corrected chi connectivity index (χ2v) is 5.84. The van der Waals surface area contributed by atoms with E-state index in [1.807, 2.05) is 0 Å². The molecule has 114 valence electrons. The Hall–Kier alpha value is -1.44. The van der Waals surface area contributed by atoms with Crippen molar-refractivity contribution in [2.24, 2.45) is 0 Å². The van der Waals surface area contributed by atoms with Crippen LogP contribution in [0.2, 0.25) is 5.02 Å². The molecule has 1 aromatic rings. The summed E-state index contributed by atoms with van der Waals surface area (Å²) in [5.74, 6) is 0.653. The van der Waals surface area contributed by atoms with Crippen LogP contribution in [0.15, 0.2) is 12.3 Å². The molecule has 0 bridgehead atoms. The monoisotopic (exact) mass is 311 g/mol. The molecule has 0 aliphatic carbocycles. The first-order chi connectivity index (χ1) is 10.1. The predicted molar refractivity (Wildman–Crippen MR) is 81.0 cm³/mol. The van der Waals surface area contributed by atoms with Crippen LogP contribution in [0.1, 0.15) is 6.42 Å². The minimum Gasteiger partial charge on any atom is -0.354 e. The first kappa shape index (κ1) is 14.5. The van der Waals surface area contributed by atoms with Crippen molar-refractivity contribution in [3.63, 3.8) is 0 Å². The minimum absolute atomic E-state index is 0.0680. The Bertz CT molecular complexity index is 535. The SMILES string of the molecule is O=[N+]([O-])c1cnc(N2CCC(N3CCNCC3)C2)c(Cl)c1. The van der Waals surface area contributed by atoms with Gasteiger partial charge in [-0.2, -0.15) is 0 Å². The number of nitrogens with one attached hydrogen (secondary N) is 1. The van der Waals surface area contributed by atoms with Crippen LogP contribution < -0.4 is 10.2 Å². The van der Waals surface area contributed by atoms with Crippen LogP contribution in [0.4, 0.5) is 11.5 Å². The lowest BCUT2D eigenvalue weighted by atomic mass is 10.2. The highest BCUT2D eigenvalue weighted by Gasteiger charge is 2.30. The predicted octanol–water partition coefficient (Wildman–Crippen LogP) is 1.13. The van der Waals surface area contributed by atoms with Crippen LogP contribution in [0.3, 0.4) is 0 Å². The molecule has 2 aliphatic heterocycles. The largest absolute Gasteiger partial charge is 0.354 e. The number of hydrogen-bond acceptors (Lipinski definition) is 6. The molecule has 8 heteroatoms. The number of halogens is 1. The molecule has 3 rings (SSSR count). The molecule has 1 unspecified atom stereocenters. The van der Waals surface area contributed by atoms with Crippen LogP contribution in [-0.4, -0.2) is 60.1 Å². The van der Waals surface area contributed by atoms with Gasteiger partial charge in [-0.05, 0) is 6.42 Å². The Morgan fingerprint density at radius 2 is 2.14 bits per heavy atom. The second kappa shape index (κ2) is 6.13. The summed E-state index contributed by atoms with van der Waals surface area (Å²) >= 11 is 6.15. The zero-order valence-corrected chi connectivity index (χ0v) is 12.4. The molecule has 0 spiro atoms.